The molecule has 112 valence electrons. The van der Waals surface area contributed by atoms with Crippen molar-refractivity contribution in [1.82, 2.24) is 4.98 Å². The number of hydrogen-bond donors (Lipinski definition) is 1. The Hall–Kier alpha value is -2.06. The minimum absolute atomic E-state index is 0.0473. The summed E-state index contributed by atoms with van der Waals surface area (Å²) in [5.41, 5.74) is 0.0821. The van der Waals surface area contributed by atoms with Crippen LogP contribution in [-0.2, 0) is 10.0 Å². The molecule has 7 nitrogen and oxygen atoms in total. The molecule has 0 atom stereocenters. The molecule has 1 aromatic carbocycles. The molecule has 9 heteroatoms. The third-order valence-corrected chi connectivity index (χ3v) is 4.95. The van der Waals surface area contributed by atoms with Gasteiger partial charge in [-0.1, -0.05) is 23.7 Å². The molecule has 1 aromatic heterocycles. The van der Waals surface area contributed by atoms with Crippen molar-refractivity contribution < 1.29 is 22.7 Å². The largest absolute Gasteiger partial charge is 0.475 e. The Morgan fingerprint density at radius 3 is 2.52 bits per heavy atom. The molecule has 0 aliphatic heterocycles. The molecule has 0 amide bonds. The second kappa shape index (κ2) is 5.38. The zero-order chi connectivity index (χ0) is 15.8. The van der Waals surface area contributed by atoms with Gasteiger partial charge in [0.1, 0.15) is 4.90 Å². The summed E-state index contributed by atoms with van der Waals surface area (Å²) in [6.45, 7) is 1.41. The summed E-state index contributed by atoms with van der Waals surface area (Å²) in [5, 5.41) is 8.95. The Kier molecular flexibility index (Phi) is 3.93. The maximum Gasteiger partial charge on any atom is 0.373 e. The van der Waals surface area contributed by atoms with Crippen LogP contribution in [0.25, 0.3) is 0 Å². The van der Waals surface area contributed by atoms with Crippen LogP contribution in [0.1, 0.15) is 16.2 Å². The quantitative estimate of drug-likeness (QED) is 0.921. The van der Waals surface area contributed by atoms with Gasteiger partial charge in [0.25, 0.3) is 10.0 Å². The molecule has 0 saturated heterocycles. The number of carboxylic acids is 1. The lowest BCUT2D eigenvalue weighted by Crippen LogP contribution is -2.27. The number of sulfonamides is 1. The fourth-order valence-corrected chi connectivity index (χ4v) is 3.19. The number of anilines is 1. The first-order valence-electron chi connectivity index (χ1n) is 5.69. The number of nitrogens with zero attached hydrogens (tertiary/aromatic N) is 2. The summed E-state index contributed by atoms with van der Waals surface area (Å²) in [4.78, 5) is 14.6. The molecule has 0 fully saturated rings. The van der Waals surface area contributed by atoms with Crippen LogP contribution >= 0.6 is 11.6 Å². The first-order chi connectivity index (χ1) is 9.75. The number of halogens is 1. The second-order valence-corrected chi connectivity index (χ2v) is 6.46. The van der Waals surface area contributed by atoms with E-state index in [1.807, 2.05) is 0 Å². The first kappa shape index (κ1) is 15.3. The van der Waals surface area contributed by atoms with Gasteiger partial charge in [0.05, 0.1) is 10.7 Å². The summed E-state index contributed by atoms with van der Waals surface area (Å²) in [6, 6.07) is 5.55. The molecule has 0 spiro atoms. The van der Waals surface area contributed by atoms with Crippen LogP contribution in [0.3, 0.4) is 0 Å². The van der Waals surface area contributed by atoms with Gasteiger partial charge in [0.2, 0.25) is 5.76 Å². The van der Waals surface area contributed by atoms with E-state index in [1.54, 1.807) is 6.07 Å². The molecule has 0 saturated carbocycles. The minimum atomic E-state index is -4.00. The number of aromatic carboxylic acids is 1. The summed E-state index contributed by atoms with van der Waals surface area (Å²) in [7, 11) is -2.80. The minimum Gasteiger partial charge on any atom is -0.475 e. The number of carboxylic acid groups (broad SMARTS) is 1. The molecular formula is C12H11ClN2O5S. The number of aromatic nitrogens is 1. The van der Waals surface area contributed by atoms with E-state index in [1.165, 1.54) is 32.2 Å². The molecule has 1 N–H and O–H groups in total. The van der Waals surface area contributed by atoms with Crippen molar-refractivity contribution in [2.75, 3.05) is 11.4 Å². The zero-order valence-electron chi connectivity index (χ0n) is 11.1. The van der Waals surface area contributed by atoms with Crippen molar-refractivity contribution in [3.05, 3.63) is 40.7 Å². The predicted octanol–water partition coefficient (Wildman–Crippen LogP) is 2.16. The number of oxazole rings is 1. The molecule has 0 unspecified atom stereocenters. The molecule has 0 radical (unpaired) electrons. The van der Waals surface area contributed by atoms with Gasteiger partial charge >= 0.3 is 12.0 Å². The SMILES string of the molecule is Cc1nc(N(C)S(=O)(=O)c2ccccc2Cl)oc1C(=O)O. The fraction of sp³-hybridized carbons (Fsp3) is 0.167. The fourth-order valence-electron chi connectivity index (χ4n) is 1.62. The molecule has 21 heavy (non-hydrogen) atoms. The van der Waals surface area contributed by atoms with Crippen molar-refractivity contribution in [3.8, 4) is 0 Å². The monoisotopic (exact) mass is 330 g/mol. The van der Waals surface area contributed by atoms with E-state index in [-0.39, 0.29) is 21.6 Å². The van der Waals surface area contributed by atoms with Gasteiger partial charge in [-0.25, -0.2) is 17.5 Å². The Morgan fingerprint density at radius 2 is 2.00 bits per heavy atom. The molecule has 0 aliphatic rings. The van der Waals surface area contributed by atoms with Crippen molar-refractivity contribution in [3.63, 3.8) is 0 Å². The highest BCUT2D eigenvalue weighted by molar-refractivity contribution is 7.92. The van der Waals surface area contributed by atoms with E-state index >= 15 is 0 Å². The van der Waals surface area contributed by atoms with E-state index < -0.39 is 21.8 Å². The molecule has 0 aliphatic carbocycles. The van der Waals surface area contributed by atoms with Gasteiger partial charge < -0.3 is 9.52 Å². The van der Waals surface area contributed by atoms with Gasteiger partial charge in [-0.2, -0.15) is 4.98 Å². The van der Waals surface area contributed by atoms with Gasteiger partial charge in [0.15, 0.2) is 0 Å². The average molecular weight is 331 g/mol. The van der Waals surface area contributed by atoms with Gasteiger partial charge in [-0.05, 0) is 19.1 Å². The summed E-state index contributed by atoms with van der Waals surface area (Å²) < 4.78 is 30.6. The number of rotatable bonds is 4. The maximum absolute atomic E-state index is 12.4. The van der Waals surface area contributed by atoms with Gasteiger partial charge in [-0.15, -0.1) is 0 Å². The molecule has 2 aromatic rings. The van der Waals surface area contributed by atoms with Crippen molar-refractivity contribution >= 4 is 33.6 Å². The third kappa shape index (κ3) is 2.72. The van der Waals surface area contributed by atoms with E-state index in [4.69, 9.17) is 21.1 Å². The highest BCUT2D eigenvalue weighted by Gasteiger charge is 2.29. The standard InChI is InChI=1S/C12H11ClN2O5S/c1-7-10(11(16)17)20-12(14-7)15(2)21(18,19)9-6-4-3-5-8(9)13/h3-6H,1-2H3,(H,16,17). The number of hydrogen-bond acceptors (Lipinski definition) is 5. The number of benzene rings is 1. The Bertz CT molecular complexity index is 800. The van der Waals surface area contributed by atoms with Gasteiger partial charge in [0, 0.05) is 7.05 Å². The van der Waals surface area contributed by atoms with E-state index in [9.17, 15) is 13.2 Å². The lowest BCUT2D eigenvalue weighted by molar-refractivity contribution is 0.0662. The second-order valence-electron chi connectivity index (χ2n) is 4.12. The van der Waals surface area contributed by atoms with Crippen molar-refractivity contribution in [2.24, 2.45) is 0 Å². The van der Waals surface area contributed by atoms with Crippen LogP contribution in [0.15, 0.2) is 33.6 Å². The van der Waals surface area contributed by atoms with Crippen LogP contribution in [0.2, 0.25) is 5.02 Å². The van der Waals surface area contributed by atoms with Gasteiger partial charge in [-0.3, -0.25) is 0 Å². The summed E-state index contributed by atoms with van der Waals surface area (Å²) in [6.07, 6.45) is 0. The van der Waals surface area contributed by atoms with Crippen LogP contribution in [-0.4, -0.2) is 31.5 Å². The van der Waals surface area contributed by atoms with Crippen LogP contribution < -0.4 is 4.31 Å². The van der Waals surface area contributed by atoms with Crippen LogP contribution in [0.4, 0.5) is 6.01 Å². The first-order valence-corrected chi connectivity index (χ1v) is 7.51. The normalized spacial score (nSPS) is 11.4. The Morgan fingerprint density at radius 1 is 1.38 bits per heavy atom. The van der Waals surface area contributed by atoms with E-state index in [0.717, 1.165) is 4.31 Å². The van der Waals surface area contributed by atoms with E-state index in [0.29, 0.717) is 0 Å². The Balaban J connectivity index is 2.49. The molecule has 0 bridgehead atoms. The summed E-state index contributed by atoms with van der Waals surface area (Å²) >= 11 is 5.88. The molecule has 1 heterocycles. The molecule has 2 rings (SSSR count). The highest BCUT2D eigenvalue weighted by atomic mass is 35.5. The lowest BCUT2D eigenvalue weighted by atomic mass is 10.4. The van der Waals surface area contributed by atoms with Crippen LogP contribution in [0, 0.1) is 6.92 Å². The maximum atomic E-state index is 12.4. The van der Waals surface area contributed by atoms with Crippen LogP contribution in [0.5, 0.6) is 0 Å². The topological polar surface area (TPSA) is 101 Å². The molecular weight excluding hydrogens is 320 g/mol. The van der Waals surface area contributed by atoms with Crippen molar-refractivity contribution in [2.45, 2.75) is 11.8 Å². The summed E-state index contributed by atoms with van der Waals surface area (Å²) in [5.74, 6) is -1.74. The van der Waals surface area contributed by atoms with Crippen molar-refractivity contribution in [1.29, 1.82) is 0 Å². The lowest BCUT2D eigenvalue weighted by Gasteiger charge is -2.15. The third-order valence-electron chi connectivity index (χ3n) is 2.72. The highest BCUT2D eigenvalue weighted by Crippen LogP contribution is 2.27. The predicted molar refractivity (Wildman–Crippen MR) is 75.2 cm³/mol. The average Bonchev–Trinajstić information content (AvgIpc) is 2.80. The smallest absolute Gasteiger partial charge is 0.373 e. The van der Waals surface area contributed by atoms with E-state index in [2.05, 4.69) is 4.98 Å². The zero-order valence-corrected chi connectivity index (χ0v) is 12.6. The number of aryl methyl sites for hydroxylation is 1. The number of carbonyl (C=O) groups is 1. The Labute approximate surface area is 125 Å².